The third-order valence-corrected chi connectivity index (χ3v) is 2.52. The number of esters is 1. The Bertz CT molecular complexity index is 457. The van der Waals surface area contributed by atoms with Gasteiger partial charge in [0.15, 0.2) is 5.96 Å². The SMILES string of the molecule is CCOCCCNC(N)=NCc1ccc(C(=O)OCC)o1. The number of hydrogen-bond donors (Lipinski definition) is 2. The lowest BCUT2D eigenvalue weighted by Crippen LogP contribution is -2.32. The summed E-state index contributed by atoms with van der Waals surface area (Å²) in [6.45, 7) is 6.38. The molecule has 118 valence electrons. The lowest BCUT2D eigenvalue weighted by molar-refractivity contribution is 0.0488. The van der Waals surface area contributed by atoms with E-state index in [0.717, 1.165) is 6.42 Å². The minimum Gasteiger partial charge on any atom is -0.460 e. The Labute approximate surface area is 124 Å². The van der Waals surface area contributed by atoms with Gasteiger partial charge in [-0.25, -0.2) is 9.79 Å². The van der Waals surface area contributed by atoms with E-state index >= 15 is 0 Å². The van der Waals surface area contributed by atoms with E-state index in [4.69, 9.17) is 19.6 Å². The van der Waals surface area contributed by atoms with Crippen LogP contribution < -0.4 is 11.1 Å². The van der Waals surface area contributed by atoms with Gasteiger partial charge in [0.1, 0.15) is 12.3 Å². The van der Waals surface area contributed by atoms with E-state index in [2.05, 4.69) is 10.3 Å². The highest BCUT2D eigenvalue weighted by atomic mass is 16.5. The molecule has 0 fully saturated rings. The van der Waals surface area contributed by atoms with Crippen molar-refractivity contribution in [3.63, 3.8) is 0 Å². The second-order valence-corrected chi connectivity index (χ2v) is 4.17. The van der Waals surface area contributed by atoms with Crippen LogP contribution in [0.1, 0.15) is 36.6 Å². The Morgan fingerprint density at radius 1 is 1.38 bits per heavy atom. The van der Waals surface area contributed by atoms with Gasteiger partial charge in [-0.15, -0.1) is 0 Å². The van der Waals surface area contributed by atoms with Crippen LogP contribution in [0.2, 0.25) is 0 Å². The van der Waals surface area contributed by atoms with Crippen LogP contribution >= 0.6 is 0 Å². The third-order valence-electron chi connectivity index (χ3n) is 2.52. The summed E-state index contributed by atoms with van der Waals surface area (Å²) in [7, 11) is 0. The maximum absolute atomic E-state index is 11.4. The number of guanidine groups is 1. The molecule has 0 amide bonds. The molecule has 1 aromatic rings. The van der Waals surface area contributed by atoms with Gasteiger partial charge >= 0.3 is 5.97 Å². The zero-order valence-corrected chi connectivity index (χ0v) is 12.6. The summed E-state index contributed by atoms with van der Waals surface area (Å²) in [6, 6.07) is 3.24. The summed E-state index contributed by atoms with van der Waals surface area (Å²) in [5, 5.41) is 2.98. The van der Waals surface area contributed by atoms with E-state index in [1.54, 1.807) is 19.1 Å². The van der Waals surface area contributed by atoms with Crippen molar-refractivity contribution in [3.8, 4) is 0 Å². The van der Waals surface area contributed by atoms with Crippen LogP contribution in [0.15, 0.2) is 21.5 Å². The Morgan fingerprint density at radius 3 is 2.90 bits per heavy atom. The van der Waals surface area contributed by atoms with Crippen LogP contribution in [-0.2, 0) is 16.0 Å². The smallest absolute Gasteiger partial charge is 0.374 e. The maximum Gasteiger partial charge on any atom is 0.374 e. The van der Waals surface area contributed by atoms with E-state index in [-0.39, 0.29) is 12.3 Å². The molecule has 0 aliphatic carbocycles. The van der Waals surface area contributed by atoms with Crippen molar-refractivity contribution >= 4 is 11.9 Å². The molecule has 0 bridgehead atoms. The number of nitrogens with two attached hydrogens (primary N) is 1. The molecule has 0 aliphatic rings. The second-order valence-electron chi connectivity index (χ2n) is 4.17. The van der Waals surface area contributed by atoms with Gasteiger partial charge in [0, 0.05) is 19.8 Å². The van der Waals surface area contributed by atoms with Gasteiger partial charge < -0.3 is 24.9 Å². The van der Waals surface area contributed by atoms with Crippen molar-refractivity contribution in [2.45, 2.75) is 26.8 Å². The Hall–Kier alpha value is -2.02. The third kappa shape index (κ3) is 6.80. The molecule has 0 saturated heterocycles. The summed E-state index contributed by atoms with van der Waals surface area (Å²) in [6.07, 6.45) is 0.859. The summed E-state index contributed by atoms with van der Waals surface area (Å²) >= 11 is 0. The Balaban J connectivity index is 2.32. The van der Waals surface area contributed by atoms with Crippen molar-refractivity contribution in [1.29, 1.82) is 0 Å². The largest absolute Gasteiger partial charge is 0.460 e. The number of ether oxygens (including phenoxy) is 2. The Kier molecular flexibility index (Phi) is 7.96. The fourth-order valence-electron chi connectivity index (χ4n) is 1.53. The summed E-state index contributed by atoms with van der Waals surface area (Å²) in [5.41, 5.74) is 5.72. The minimum atomic E-state index is -0.477. The zero-order valence-electron chi connectivity index (χ0n) is 12.6. The van der Waals surface area contributed by atoms with Crippen molar-refractivity contribution in [3.05, 3.63) is 23.7 Å². The first-order valence-corrected chi connectivity index (χ1v) is 7.04. The number of aliphatic imine (C=N–C) groups is 1. The Morgan fingerprint density at radius 2 is 2.19 bits per heavy atom. The lowest BCUT2D eigenvalue weighted by Gasteiger charge is -2.05. The summed E-state index contributed by atoms with van der Waals surface area (Å²) in [5.74, 6) is 0.581. The predicted octanol–water partition coefficient (Wildman–Crippen LogP) is 1.29. The zero-order chi connectivity index (χ0) is 15.5. The summed E-state index contributed by atoms with van der Waals surface area (Å²) in [4.78, 5) is 15.6. The van der Waals surface area contributed by atoms with Gasteiger partial charge in [-0.2, -0.15) is 0 Å². The quantitative estimate of drug-likeness (QED) is 0.308. The van der Waals surface area contributed by atoms with Crippen molar-refractivity contribution in [2.75, 3.05) is 26.4 Å². The molecule has 0 aliphatic heterocycles. The van der Waals surface area contributed by atoms with E-state index in [1.165, 1.54) is 0 Å². The van der Waals surface area contributed by atoms with Crippen LogP contribution in [0.25, 0.3) is 0 Å². The minimum absolute atomic E-state index is 0.172. The van der Waals surface area contributed by atoms with Gasteiger partial charge in [-0.05, 0) is 32.4 Å². The first-order chi connectivity index (χ1) is 10.2. The first kappa shape index (κ1) is 17.0. The van der Waals surface area contributed by atoms with Crippen molar-refractivity contribution in [2.24, 2.45) is 10.7 Å². The number of carbonyl (C=O) groups is 1. The number of furan rings is 1. The second kappa shape index (κ2) is 9.82. The van der Waals surface area contributed by atoms with E-state index in [9.17, 15) is 4.79 Å². The molecule has 1 aromatic heterocycles. The number of nitrogens with zero attached hydrogens (tertiary/aromatic N) is 1. The lowest BCUT2D eigenvalue weighted by atomic mass is 10.4. The topological polar surface area (TPSA) is 99.1 Å². The van der Waals surface area contributed by atoms with Crippen molar-refractivity contribution < 1.29 is 18.7 Å². The monoisotopic (exact) mass is 297 g/mol. The molecular formula is C14H23N3O4. The number of rotatable bonds is 9. The molecule has 0 radical (unpaired) electrons. The van der Waals surface area contributed by atoms with E-state index in [0.29, 0.717) is 38.1 Å². The highest BCUT2D eigenvalue weighted by molar-refractivity contribution is 5.86. The molecule has 0 saturated carbocycles. The molecule has 21 heavy (non-hydrogen) atoms. The van der Waals surface area contributed by atoms with Gasteiger partial charge in [-0.1, -0.05) is 0 Å². The highest BCUT2D eigenvalue weighted by Crippen LogP contribution is 2.10. The molecule has 0 unspecified atom stereocenters. The maximum atomic E-state index is 11.4. The standard InChI is InChI=1S/C14H23N3O4/c1-3-19-9-5-8-16-14(15)17-10-11-6-7-12(21-11)13(18)20-4-2/h6-7H,3-5,8-10H2,1-2H3,(H3,15,16,17). The molecule has 7 heteroatoms. The molecular weight excluding hydrogens is 274 g/mol. The molecule has 0 aromatic carbocycles. The van der Waals surface area contributed by atoms with E-state index in [1.807, 2.05) is 6.92 Å². The van der Waals surface area contributed by atoms with E-state index < -0.39 is 5.97 Å². The fraction of sp³-hybridized carbons (Fsp3) is 0.571. The highest BCUT2D eigenvalue weighted by Gasteiger charge is 2.11. The number of nitrogens with one attached hydrogen (secondary N) is 1. The van der Waals surface area contributed by atoms with Crippen LogP contribution in [0.4, 0.5) is 0 Å². The predicted molar refractivity (Wildman–Crippen MR) is 79.1 cm³/mol. The van der Waals surface area contributed by atoms with Gasteiger partial charge in [-0.3, -0.25) is 0 Å². The average Bonchev–Trinajstić information content (AvgIpc) is 2.94. The van der Waals surface area contributed by atoms with Gasteiger partial charge in [0.2, 0.25) is 5.76 Å². The normalized spacial score (nSPS) is 11.4. The molecule has 0 atom stereocenters. The van der Waals surface area contributed by atoms with Crippen LogP contribution in [0, 0.1) is 0 Å². The van der Waals surface area contributed by atoms with Crippen molar-refractivity contribution in [1.82, 2.24) is 5.32 Å². The van der Waals surface area contributed by atoms with Crippen LogP contribution in [0.5, 0.6) is 0 Å². The van der Waals surface area contributed by atoms with Gasteiger partial charge in [0.05, 0.1) is 6.61 Å². The van der Waals surface area contributed by atoms with Gasteiger partial charge in [0.25, 0.3) is 0 Å². The molecule has 3 N–H and O–H groups in total. The molecule has 0 spiro atoms. The average molecular weight is 297 g/mol. The first-order valence-electron chi connectivity index (χ1n) is 7.04. The van der Waals surface area contributed by atoms with Crippen LogP contribution in [0.3, 0.4) is 0 Å². The number of hydrogen-bond acceptors (Lipinski definition) is 5. The molecule has 7 nitrogen and oxygen atoms in total. The summed E-state index contributed by atoms with van der Waals surface area (Å²) < 4.78 is 15.4. The molecule has 1 heterocycles. The molecule has 1 rings (SSSR count). The van der Waals surface area contributed by atoms with Crippen LogP contribution in [-0.4, -0.2) is 38.3 Å². The number of carbonyl (C=O) groups excluding carboxylic acids is 1. The fourth-order valence-corrected chi connectivity index (χ4v) is 1.53.